The molecule has 0 unspecified atom stereocenters. The van der Waals surface area contributed by atoms with Crippen molar-refractivity contribution < 1.29 is 23.1 Å². The molecule has 1 aromatic rings. The minimum atomic E-state index is -2.50. The topological polar surface area (TPSA) is 61.9 Å². The Morgan fingerprint density at radius 2 is 1.66 bits per heavy atom. The Bertz CT molecular complexity index is 1060. The summed E-state index contributed by atoms with van der Waals surface area (Å²) in [4.78, 5) is 31.6. The zero-order valence-corrected chi connectivity index (χ0v) is 26.3. The fraction of sp³-hybridized carbons (Fsp3) is 0.742. The molecule has 1 N–H and O–H groups in total. The first-order valence-corrected chi connectivity index (χ1v) is 15.7. The molecule has 4 rings (SSSR count). The molecule has 3 fully saturated rings. The summed E-state index contributed by atoms with van der Waals surface area (Å²) in [7, 11) is 0. The van der Waals surface area contributed by atoms with Gasteiger partial charge in [0.2, 0.25) is 11.8 Å². The lowest BCUT2D eigenvalue weighted by molar-refractivity contribution is -0.161. The van der Waals surface area contributed by atoms with E-state index < -0.39 is 16.9 Å². The van der Waals surface area contributed by atoms with Crippen molar-refractivity contribution >= 4 is 35.1 Å². The zero-order valence-electron chi connectivity index (χ0n) is 24.8. The number of halogens is 4. The van der Waals surface area contributed by atoms with E-state index in [1.54, 1.807) is 18.2 Å². The van der Waals surface area contributed by atoms with Crippen LogP contribution in [0.25, 0.3) is 0 Å². The Morgan fingerprint density at radius 1 is 1.05 bits per heavy atom. The molecule has 0 bridgehead atoms. The van der Waals surface area contributed by atoms with Gasteiger partial charge in [-0.05, 0) is 70.4 Å². The average molecular weight is 617 g/mol. The van der Waals surface area contributed by atoms with Gasteiger partial charge in [-0.2, -0.15) is 0 Å². The van der Waals surface area contributed by atoms with Gasteiger partial charge in [-0.3, -0.25) is 14.5 Å². The number of piperidine rings is 1. The van der Waals surface area contributed by atoms with Crippen LogP contribution in [0.3, 0.4) is 0 Å². The zero-order chi connectivity index (χ0) is 30.0. The van der Waals surface area contributed by atoms with Crippen molar-refractivity contribution in [3.63, 3.8) is 0 Å². The van der Waals surface area contributed by atoms with Crippen LogP contribution >= 0.6 is 23.2 Å². The molecule has 3 aliphatic rings. The van der Waals surface area contributed by atoms with Crippen LogP contribution in [-0.2, 0) is 20.9 Å². The second kappa shape index (κ2) is 13.0. The highest BCUT2D eigenvalue weighted by atomic mass is 35.5. The predicted octanol–water partition coefficient (Wildman–Crippen LogP) is 6.57. The van der Waals surface area contributed by atoms with Gasteiger partial charge in [-0.1, -0.05) is 36.2 Å². The molecule has 10 heteroatoms. The van der Waals surface area contributed by atoms with Crippen molar-refractivity contribution in [2.24, 2.45) is 17.3 Å². The van der Waals surface area contributed by atoms with Gasteiger partial charge >= 0.3 is 5.97 Å². The van der Waals surface area contributed by atoms with E-state index in [1.807, 2.05) is 27.7 Å². The van der Waals surface area contributed by atoms with Gasteiger partial charge in [0.1, 0.15) is 5.60 Å². The van der Waals surface area contributed by atoms with E-state index in [0.29, 0.717) is 48.4 Å². The number of hydrogen-bond donors (Lipinski definition) is 1. The SMILES string of the molecule is C[C@@H]1CN(Cc2c(Cl)cccc2Cl)C[C@]1(CC(=O)OC(C)(C)C)C(=O)NC1CCN(CC2CCC(F)(F)CC2)CC1. The second-order valence-corrected chi connectivity index (χ2v) is 14.4. The standard InChI is InChI=1S/C31H45Cl2F2N3O3/c1-21-17-38(19-24-25(32)6-5-7-26(24)33)20-30(21,16-27(39)41-29(2,3)4)28(40)36-23-10-14-37(15-11-23)18-22-8-12-31(34,35)13-9-22/h5-7,21-23H,8-20H2,1-4H3,(H,36,40)/t21-,30+/m1/s1. The number of ether oxygens (including phenoxy) is 1. The van der Waals surface area contributed by atoms with Crippen LogP contribution in [0.5, 0.6) is 0 Å². The monoisotopic (exact) mass is 615 g/mol. The fourth-order valence-electron chi connectivity index (χ4n) is 6.69. The first-order chi connectivity index (χ1) is 19.2. The molecule has 6 nitrogen and oxygen atoms in total. The van der Waals surface area contributed by atoms with Crippen LogP contribution in [0, 0.1) is 17.3 Å². The molecule has 1 aliphatic carbocycles. The summed E-state index contributed by atoms with van der Waals surface area (Å²) in [6.45, 7) is 11.5. The third-order valence-corrected chi connectivity index (χ3v) is 9.74. The number of carbonyl (C=O) groups excluding carboxylic acids is 2. The number of hydrogen-bond acceptors (Lipinski definition) is 5. The van der Waals surface area contributed by atoms with Crippen LogP contribution in [0.2, 0.25) is 10.0 Å². The van der Waals surface area contributed by atoms with Gasteiger partial charge in [0.25, 0.3) is 0 Å². The van der Waals surface area contributed by atoms with Crippen molar-refractivity contribution in [3.05, 3.63) is 33.8 Å². The van der Waals surface area contributed by atoms with Crippen LogP contribution in [0.15, 0.2) is 18.2 Å². The van der Waals surface area contributed by atoms with Gasteiger partial charge in [-0.15, -0.1) is 0 Å². The summed E-state index contributed by atoms with van der Waals surface area (Å²) in [5.41, 5.74) is -0.784. The highest BCUT2D eigenvalue weighted by Gasteiger charge is 2.52. The van der Waals surface area contributed by atoms with Crippen molar-refractivity contribution in [1.29, 1.82) is 0 Å². The molecule has 1 saturated carbocycles. The quantitative estimate of drug-likeness (QED) is 0.335. The Morgan fingerprint density at radius 3 is 2.24 bits per heavy atom. The largest absolute Gasteiger partial charge is 0.460 e. The molecule has 2 saturated heterocycles. The molecule has 0 spiro atoms. The van der Waals surface area contributed by atoms with Gasteiger partial charge in [0.15, 0.2) is 0 Å². The molecule has 41 heavy (non-hydrogen) atoms. The normalized spacial score (nSPS) is 26.7. The lowest BCUT2D eigenvalue weighted by Gasteiger charge is -2.38. The molecule has 230 valence electrons. The molecule has 2 aliphatic heterocycles. The van der Waals surface area contributed by atoms with Crippen LogP contribution < -0.4 is 5.32 Å². The number of likely N-dealkylation sites (tertiary alicyclic amines) is 2. The molecule has 1 aromatic carbocycles. The summed E-state index contributed by atoms with van der Waals surface area (Å²) < 4.78 is 32.8. The Kier molecular flexibility index (Phi) is 10.3. The highest BCUT2D eigenvalue weighted by molar-refractivity contribution is 6.35. The molecular formula is C31H45Cl2F2N3O3. The Balaban J connectivity index is 1.40. The molecule has 2 heterocycles. The van der Waals surface area contributed by atoms with Crippen LogP contribution in [-0.4, -0.2) is 72.0 Å². The lowest BCUT2D eigenvalue weighted by atomic mass is 9.75. The van der Waals surface area contributed by atoms with Gasteiger partial charge in [0, 0.05) is 73.8 Å². The molecule has 2 atom stereocenters. The number of rotatable bonds is 8. The number of nitrogens with zero attached hydrogens (tertiary/aromatic N) is 2. The summed E-state index contributed by atoms with van der Waals surface area (Å²) in [5.74, 6) is -2.78. The number of amides is 1. The Hall–Kier alpha value is -1.48. The first-order valence-electron chi connectivity index (χ1n) is 14.9. The summed E-state index contributed by atoms with van der Waals surface area (Å²) in [5, 5.41) is 4.44. The maximum atomic E-state index is 14.1. The van der Waals surface area contributed by atoms with E-state index in [2.05, 4.69) is 15.1 Å². The van der Waals surface area contributed by atoms with Gasteiger partial charge in [-0.25, -0.2) is 8.78 Å². The maximum absolute atomic E-state index is 14.1. The van der Waals surface area contributed by atoms with Crippen molar-refractivity contribution in [2.45, 2.75) is 96.8 Å². The van der Waals surface area contributed by atoms with E-state index in [0.717, 1.165) is 38.0 Å². The number of alkyl halides is 2. The van der Waals surface area contributed by atoms with E-state index in [9.17, 15) is 18.4 Å². The lowest BCUT2D eigenvalue weighted by Crippen LogP contribution is -2.53. The van der Waals surface area contributed by atoms with Crippen molar-refractivity contribution in [3.8, 4) is 0 Å². The summed E-state index contributed by atoms with van der Waals surface area (Å²) >= 11 is 12.9. The van der Waals surface area contributed by atoms with E-state index in [1.165, 1.54) is 0 Å². The van der Waals surface area contributed by atoms with Crippen LogP contribution in [0.1, 0.15) is 78.2 Å². The molecule has 0 aromatic heterocycles. The number of nitrogens with one attached hydrogen (secondary N) is 1. The molecular weight excluding hydrogens is 571 g/mol. The number of esters is 1. The van der Waals surface area contributed by atoms with E-state index in [-0.39, 0.29) is 43.1 Å². The van der Waals surface area contributed by atoms with Crippen LogP contribution in [0.4, 0.5) is 8.78 Å². The highest BCUT2D eigenvalue weighted by Crippen LogP contribution is 2.42. The van der Waals surface area contributed by atoms with Crippen molar-refractivity contribution in [1.82, 2.24) is 15.1 Å². The number of benzene rings is 1. The predicted molar refractivity (Wildman–Crippen MR) is 158 cm³/mol. The molecule has 0 radical (unpaired) electrons. The average Bonchev–Trinajstić information content (AvgIpc) is 3.18. The smallest absolute Gasteiger partial charge is 0.307 e. The first kappa shape index (κ1) is 32.4. The second-order valence-electron chi connectivity index (χ2n) is 13.5. The maximum Gasteiger partial charge on any atom is 0.307 e. The minimum absolute atomic E-state index is 0.00390. The minimum Gasteiger partial charge on any atom is -0.460 e. The van der Waals surface area contributed by atoms with E-state index >= 15 is 0 Å². The van der Waals surface area contributed by atoms with Crippen molar-refractivity contribution in [2.75, 3.05) is 32.7 Å². The summed E-state index contributed by atoms with van der Waals surface area (Å²) in [6.07, 6.45) is 2.71. The third kappa shape index (κ3) is 8.55. The number of carbonyl (C=O) groups is 2. The van der Waals surface area contributed by atoms with Gasteiger partial charge in [0.05, 0.1) is 11.8 Å². The summed E-state index contributed by atoms with van der Waals surface area (Å²) in [6, 6.07) is 5.42. The Labute approximate surface area is 253 Å². The third-order valence-electron chi connectivity index (χ3n) is 9.03. The molecule has 1 amide bonds. The van der Waals surface area contributed by atoms with E-state index in [4.69, 9.17) is 27.9 Å². The fourth-order valence-corrected chi connectivity index (χ4v) is 7.20. The van der Waals surface area contributed by atoms with Gasteiger partial charge < -0.3 is 15.0 Å².